The molecule has 3 rings (SSSR count). The minimum atomic E-state index is 0.0547. The van der Waals surface area contributed by atoms with Gasteiger partial charge in [0.05, 0.1) is 26.4 Å². The Hall–Kier alpha value is -1.79. The normalized spacial score (nSPS) is 26.8. The van der Waals surface area contributed by atoms with Crippen molar-refractivity contribution in [3.05, 3.63) is 23.8 Å². The Bertz CT molecular complexity index is 604. The molecule has 0 aliphatic carbocycles. The van der Waals surface area contributed by atoms with E-state index < -0.39 is 0 Å². The molecule has 2 aliphatic rings. The van der Waals surface area contributed by atoms with Crippen molar-refractivity contribution in [1.82, 2.24) is 9.80 Å². The molecule has 2 aliphatic heterocycles. The Kier molecular flexibility index (Phi) is 6.04. The van der Waals surface area contributed by atoms with Gasteiger partial charge in [-0.3, -0.25) is 9.69 Å². The number of ether oxygens (including phenoxy) is 3. The van der Waals surface area contributed by atoms with Gasteiger partial charge in [-0.15, -0.1) is 0 Å². The maximum atomic E-state index is 13.1. The summed E-state index contributed by atoms with van der Waals surface area (Å²) in [5, 5.41) is 0. The van der Waals surface area contributed by atoms with Gasteiger partial charge < -0.3 is 19.1 Å². The third kappa shape index (κ3) is 4.30. The molecule has 6 nitrogen and oxygen atoms in total. The van der Waals surface area contributed by atoms with Gasteiger partial charge >= 0.3 is 0 Å². The zero-order valence-corrected chi connectivity index (χ0v) is 16.2. The highest BCUT2D eigenvalue weighted by Crippen LogP contribution is 2.27. The van der Waals surface area contributed by atoms with Gasteiger partial charge in [0.15, 0.2) is 0 Å². The summed E-state index contributed by atoms with van der Waals surface area (Å²) < 4.78 is 16.4. The van der Waals surface area contributed by atoms with Crippen molar-refractivity contribution in [3.63, 3.8) is 0 Å². The van der Waals surface area contributed by atoms with Crippen LogP contribution in [0.4, 0.5) is 0 Å². The quantitative estimate of drug-likeness (QED) is 0.805. The molecular formula is C20H30N2O4. The lowest BCUT2D eigenvalue weighted by Gasteiger charge is -2.38. The number of carbonyl (C=O) groups is 1. The van der Waals surface area contributed by atoms with Gasteiger partial charge in [-0.05, 0) is 38.8 Å². The average molecular weight is 362 g/mol. The van der Waals surface area contributed by atoms with E-state index >= 15 is 0 Å². The van der Waals surface area contributed by atoms with Crippen LogP contribution in [0.15, 0.2) is 18.2 Å². The second kappa shape index (κ2) is 8.27. The zero-order valence-electron chi connectivity index (χ0n) is 16.2. The molecule has 0 aromatic heterocycles. The summed E-state index contributed by atoms with van der Waals surface area (Å²) in [5.41, 5.74) is 0.622. The molecule has 0 spiro atoms. The highest BCUT2D eigenvalue weighted by Gasteiger charge is 2.33. The topological polar surface area (TPSA) is 51.2 Å². The molecule has 6 heteroatoms. The predicted molar refractivity (Wildman–Crippen MR) is 100 cm³/mol. The molecule has 26 heavy (non-hydrogen) atoms. The minimum Gasteiger partial charge on any atom is -0.497 e. The first-order chi connectivity index (χ1) is 12.5. The lowest BCUT2D eigenvalue weighted by molar-refractivity contribution is -0.0715. The molecule has 2 saturated heterocycles. The Morgan fingerprint density at radius 3 is 2.31 bits per heavy atom. The fourth-order valence-corrected chi connectivity index (χ4v) is 4.12. The number of hydrogen-bond donors (Lipinski definition) is 0. The van der Waals surface area contributed by atoms with E-state index in [0.29, 0.717) is 17.1 Å². The predicted octanol–water partition coefficient (Wildman–Crippen LogP) is 2.42. The van der Waals surface area contributed by atoms with Crippen LogP contribution in [-0.4, -0.2) is 74.4 Å². The summed E-state index contributed by atoms with van der Waals surface area (Å²) in [7, 11) is 3.20. The fraction of sp³-hybridized carbons (Fsp3) is 0.650. The summed E-state index contributed by atoms with van der Waals surface area (Å²) in [6.45, 7) is 7.79. The third-order valence-corrected chi connectivity index (χ3v) is 5.20. The van der Waals surface area contributed by atoms with Gasteiger partial charge in [0.25, 0.3) is 5.91 Å². The lowest BCUT2D eigenvalue weighted by Crippen LogP contribution is -2.50. The highest BCUT2D eigenvalue weighted by molar-refractivity contribution is 5.95. The van der Waals surface area contributed by atoms with Crippen LogP contribution < -0.4 is 9.47 Å². The molecule has 2 fully saturated rings. The van der Waals surface area contributed by atoms with Crippen LogP contribution in [0, 0.1) is 0 Å². The van der Waals surface area contributed by atoms with Crippen LogP contribution in [0.2, 0.25) is 0 Å². The van der Waals surface area contributed by atoms with Gasteiger partial charge in [-0.1, -0.05) is 0 Å². The van der Waals surface area contributed by atoms with Crippen LogP contribution in [-0.2, 0) is 4.74 Å². The summed E-state index contributed by atoms with van der Waals surface area (Å²) in [5.74, 6) is 1.33. The van der Waals surface area contributed by atoms with E-state index in [4.69, 9.17) is 14.2 Å². The lowest BCUT2D eigenvalue weighted by atomic mass is 10.1. The molecule has 2 heterocycles. The first kappa shape index (κ1) is 19.0. The standard InChI is InChI=1S/C20H30N2O4/c1-14-11-21(12-15(2)26-14)13-17-6-5-7-22(17)20(23)16-8-18(24-3)10-19(9-16)25-4/h8-10,14-15,17H,5-7,11-13H2,1-4H3/t14-,15+,17-/m0/s1. The average Bonchev–Trinajstić information content (AvgIpc) is 3.07. The van der Waals surface area contributed by atoms with E-state index in [0.717, 1.165) is 39.0 Å². The summed E-state index contributed by atoms with van der Waals surface area (Å²) in [4.78, 5) is 17.6. The van der Waals surface area contributed by atoms with E-state index in [9.17, 15) is 4.79 Å². The van der Waals surface area contributed by atoms with E-state index in [2.05, 4.69) is 18.7 Å². The van der Waals surface area contributed by atoms with Crippen molar-refractivity contribution < 1.29 is 19.0 Å². The third-order valence-electron chi connectivity index (χ3n) is 5.20. The number of hydrogen-bond acceptors (Lipinski definition) is 5. The van der Waals surface area contributed by atoms with Crippen molar-refractivity contribution >= 4 is 5.91 Å². The molecule has 0 unspecified atom stereocenters. The SMILES string of the molecule is COc1cc(OC)cc(C(=O)N2CCC[C@H]2CN2C[C@@H](C)O[C@@H](C)C2)c1. The minimum absolute atomic E-state index is 0.0547. The van der Waals surface area contributed by atoms with Crippen LogP contribution in [0.5, 0.6) is 11.5 Å². The Labute approximate surface area is 156 Å². The van der Waals surface area contributed by atoms with E-state index in [-0.39, 0.29) is 24.2 Å². The number of amides is 1. The summed E-state index contributed by atoms with van der Waals surface area (Å²) >= 11 is 0. The van der Waals surface area contributed by atoms with Crippen molar-refractivity contribution in [2.75, 3.05) is 40.4 Å². The van der Waals surface area contributed by atoms with E-state index in [1.54, 1.807) is 32.4 Å². The first-order valence-electron chi connectivity index (χ1n) is 9.42. The largest absolute Gasteiger partial charge is 0.497 e. The molecule has 1 aromatic carbocycles. The zero-order chi connectivity index (χ0) is 18.7. The molecule has 0 saturated carbocycles. The van der Waals surface area contributed by atoms with E-state index in [1.807, 2.05) is 4.90 Å². The maximum Gasteiger partial charge on any atom is 0.254 e. The number of likely N-dealkylation sites (tertiary alicyclic amines) is 1. The number of nitrogens with zero attached hydrogens (tertiary/aromatic N) is 2. The van der Waals surface area contributed by atoms with Crippen LogP contribution in [0.25, 0.3) is 0 Å². The smallest absolute Gasteiger partial charge is 0.254 e. The number of morpholine rings is 1. The molecule has 0 N–H and O–H groups in total. The number of benzene rings is 1. The summed E-state index contributed by atoms with van der Waals surface area (Å²) in [6.07, 6.45) is 2.58. The van der Waals surface area contributed by atoms with Gasteiger partial charge in [0.2, 0.25) is 0 Å². The second-order valence-corrected chi connectivity index (χ2v) is 7.37. The van der Waals surface area contributed by atoms with Gasteiger partial charge in [-0.25, -0.2) is 0 Å². The number of carbonyl (C=O) groups excluding carboxylic acids is 1. The number of rotatable bonds is 5. The molecule has 3 atom stereocenters. The highest BCUT2D eigenvalue weighted by atomic mass is 16.5. The van der Waals surface area contributed by atoms with Crippen molar-refractivity contribution in [2.24, 2.45) is 0 Å². The summed E-state index contributed by atoms with van der Waals surface area (Å²) in [6, 6.07) is 5.62. The molecule has 0 bridgehead atoms. The van der Waals surface area contributed by atoms with Crippen molar-refractivity contribution in [2.45, 2.75) is 44.9 Å². The second-order valence-electron chi connectivity index (χ2n) is 7.37. The molecular weight excluding hydrogens is 332 g/mol. The molecule has 1 aromatic rings. The molecule has 144 valence electrons. The monoisotopic (exact) mass is 362 g/mol. The van der Waals surface area contributed by atoms with Crippen LogP contribution in [0.1, 0.15) is 37.0 Å². The molecule has 1 amide bonds. The van der Waals surface area contributed by atoms with E-state index in [1.165, 1.54) is 0 Å². The van der Waals surface area contributed by atoms with Crippen molar-refractivity contribution in [3.8, 4) is 11.5 Å². The Morgan fingerprint density at radius 2 is 1.73 bits per heavy atom. The Morgan fingerprint density at radius 1 is 1.12 bits per heavy atom. The van der Waals surface area contributed by atoms with Gasteiger partial charge in [0.1, 0.15) is 11.5 Å². The van der Waals surface area contributed by atoms with Crippen LogP contribution in [0.3, 0.4) is 0 Å². The van der Waals surface area contributed by atoms with Crippen LogP contribution >= 0.6 is 0 Å². The maximum absolute atomic E-state index is 13.1. The molecule has 0 radical (unpaired) electrons. The van der Waals surface area contributed by atoms with Gasteiger partial charge in [0, 0.05) is 43.9 Å². The van der Waals surface area contributed by atoms with Gasteiger partial charge in [-0.2, -0.15) is 0 Å². The Balaban J connectivity index is 1.72. The first-order valence-corrected chi connectivity index (χ1v) is 9.42. The van der Waals surface area contributed by atoms with Crippen molar-refractivity contribution in [1.29, 1.82) is 0 Å². The number of methoxy groups -OCH3 is 2. The fourth-order valence-electron chi connectivity index (χ4n) is 4.12.